The number of hydrogen-bond acceptors (Lipinski definition) is 3. The summed E-state index contributed by atoms with van der Waals surface area (Å²) in [5.41, 5.74) is 3.96. The zero-order chi connectivity index (χ0) is 18.0. The molecule has 0 unspecified atom stereocenters. The molecule has 4 rings (SSSR count). The van der Waals surface area contributed by atoms with Crippen LogP contribution in [0.1, 0.15) is 72.1 Å². The lowest BCUT2D eigenvalue weighted by molar-refractivity contribution is -0.144. The molecule has 0 saturated heterocycles. The van der Waals surface area contributed by atoms with Crippen molar-refractivity contribution in [3.8, 4) is 0 Å². The van der Waals surface area contributed by atoms with Crippen LogP contribution in [0.25, 0.3) is 0 Å². The Morgan fingerprint density at radius 2 is 1.92 bits per heavy atom. The smallest absolute Gasteiger partial charge is 0.167 e. The van der Waals surface area contributed by atoms with E-state index in [0.717, 1.165) is 44.9 Å². The average molecular weight is 342 g/mol. The highest BCUT2D eigenvalue weighted by molar-refractivity contribution is 5.93. The molecule has 136 valence electrons. The topological polar surface area (TPSA) is 54.4 Å². The van der Waals surface area contributed by atoms with Crippen molar-refractivity contribution in [2.24, 2.45) is 22.7 Å². The largest absolute Gasteiger partial charge is 0.386 e. The number of allylic oxidation sites excluding steroid dienone is 4. The van der Waals surface area contributed by atoms with Gasteiger partial charge in [-0.3, -0.25) is 9.59 Å². The molecule has 2 saturated carbocycles. The van der Waals surface area contributed by atoms with Crippen LogP contribution in [0.4, 0.5) is 0 Å². The van der Waals surface area contributed by atoms with E-state index in [0.29, 0.717) is 18.3 Å². The van der Waals surface area contributed by atoms with Crippen molar-refractivity contribution in [2.75, 3.05) is 0 Å². The second-order valence-corrected chi connectivity index (χ2v) is 9.22. The summed E-state index contributed by atoms with van der Waals surface area (Å²) < 4.78 is 0. The summed E-state index contributed by atoms with van der Waals surface area (Å²) in [5, 5.41) is 9.96. The maximum Gasteiger partial charge on any atom is 0.167 e. The van der Waals surface area contributed by atoms with E-state index in [1.54, 1.807) is 12.5 Å². The molecule has 0 aromatic carbocycles. The third-order valence-electron chi connectivity index (χ3n) is 8.26. The van der Waals surface area contributed by atoms with Crippen LogP contribution in [0.3, 0.4) is 0 Å². The quantitative estimate of drug-likeness (QED) is 0.820. The normalized spacial score (nSPS) is 41.6. The van der Waals surface area contributed by atoms with Crippen LogP contribution < -0.4 is 0 Å². The predicted molar refractivity (Wildman–Crippen MR) is 96.9 cm³/mol. The molecule has 0 bridgehead atoms. The van der Waals surface area contributed by atoms with E-state index in [1.165, 1.54) is 11.1 Å². The molecule has 3 heteroatoms. The minimum Gasteiger partial charge on any atom is -0.386 e. The van der Waals surface area contributed by atoms with Crippen molar-refractivity contribution in [3.63, 3.8) is 0 Å². The first kappa shape index (κ1) is 17.2. The number of hydrogen-bond donors (Lipinski definition) is 1. The maximum atomic E-state index is 12.8. The lowest BCUT2D eigenvalue weighted by Gasteiger charge is -2.52. The van der Waals surface area contributed by atoms with Gasteiger partial charge >= 0.3 is 0 Å². The molecule has 0 aromatic rings. The predicted octanol–water partition coefficient (Wildman–Crippen LogP) is 4.15. The summed E-state index contributed by atoms with van der Waals surface area (Å²) in [7, 11) is 0. The molecule has 1 N–H and O–H groups in total. The second kappa shape index (κ2) is 5.64. The number of aliphatic hydroxyl groups excluding tert-OH is 1. The molecule has 4 aliphatic rings. The Balaban J connectivity index is 1.72. The average Bonchev–Trinajstić information content (AvgIpc) is 2.86. The van der Waals surface area contributed by atoms with Gasteiger partial charge in [-0.15, -0.1) is 0 Å². The van der Waals surface area contributed by atoms with Gasteiger partial charge in [0, 0.05) is 11.8 Å². The first-order valence-electron chi connectivity index (χ1n) is 9.96. The van der Waals surface area contributed by atoms with Crippen LogP contribution in [0.15, 0.2) is 22.8 Å². The Hall–Kier alpha value is -1.22. The monoisotopic (exact) mass is 342 g/mol. The molecule has 0 heterocycles. The highest BCUT2D eigenvalue weighted by Gasteiger charge is 2.62. The summed E-state index contributed by atoms with van der Waals surface area (Å²) in [6.07, 6.45) is 8.82. The first-order valence-corrected chi connectivity index (χ1v) is 9.96. The minimum atomic E-state index is -0.870. The van der Waals surface area contributed by atoms with Crippen molar-refractivity contribution in [1.82, 2.24) is 0 Å². The lowest BCUT2D eigenvalue weighted by Crippen LogP contribution is -2.50. The van der Waals surface area contributed by atoms with Gasteiger partial charge in [0.1, 0.15) is 6.10 Å². The van der Waals surface area contributed by atoms with Gasteiger partial charge in [-0.1, -0.05) is 19.4 Å². The summed E-state index contributed by atoms with van der Waals surface area (Å²) in [6, 6.07) is 0. The molecule has 3 nitrogen and oxygen atoms in total. The van der Waals surface area contributed by atoms with E-state index in [-0.39, 0.29) is 17.0 Å². The van der Waals surface area contributed by atoms with Crippen LogP contribution in [0, 0.1) is 22.7 Å². The number of carbonyl (C=O) groups is 2. The van der Waals surface area contributed by atoms with Gasteiger partial charge in [0.25, 0.3) is 0 Å². The molecule has 5 atom stereocenters. The zero-order valence-electron chi connectivity index (χ0n) is 15.7. The van der Waals surface area contributed by atoms with E-state index in [9.17, 15) is 14.7 Å². The zero-order valence-corrected chi connectivity index (χ0v) is 15.7. The van der Waals surface area contributed by atoms with E-state index >= 15 is 0 Å². The molecule has 2 fully saturated rings. The van der Waals surface area contributed by atoms with E-state index in [1.807, 2.05) is 6.08 Å². The number of rotatable bonds is 2. The molecule has 0 aliphatic heterocycles. The molecular weight excluding hydrogens is 312 g/mol. The van der Waals surface area contributed by atoms with Crippen LogP contribution in [-0.2, 0) is 9.59 Å². The number of fused-ring (bicyclic) bond motifs is 4. The number of ketones is 2. The van der Waals surface area contributed by atoms with Crippen molar-refractivity contribution in [2.45, 2.75) is 78.2 Å². The molecule has 4 aliphatic carbocycles. The highest BCUT2D eigenvalue weighted by atomic mass is 16.3. The van der Waals surface area contributed by atoms with Gasteiger partial charge in [0.2, 0.25) is 0 Å². The Bertz CT molecular complexity index is 698. The Morgan fingerprint density at radius 1 is 1.16 bits per heavy atom. The molecular formula is C22H30O3. The van der Waals surface area contributed by atoms with Crippen molar-refractivity contribution in [3.05, 3.63) is 22.8 Å². The van der Waals surface area contributed by atoms with Crippen LogP contribution in [-0.4, -0.2) is 22.8 Å². The number of aliphatic hydroxyl groups is 1. The summed E-state index contributed by atoms with van der Waals surface area (Å²) in [4.78, 5) is 24.6. The van der Waals surface area contributed by atoms with Crippen molar-refractivity contribution in [1.29, 1.82) is 0 Å². The standard InChI is InChI=1S/C22H30O3/c1-13(23)20(25)22(3)11-9-19-18-6-4-14-12-15(24)5-7-16(14)17(18)8-10-21(19,22)2/h12-13,18-19,23H,4-11H2,1-3H3/t13-,18+,19-,21-,22+/m0/s1. The van der Waals surface area contributed by atoms with Gasteiger partial charge in [-0.2, -0.15) is 0 Å². The van der Waals surface area contributed by atoms with Gasteiger partial charge < -0.3 is 5.11 Å². The summed E-state index contributed by atoms with van der Waals surface area (Å²) in [5.74, 6) is 1.43. The highest BCUT2D eigenvalue weighted by Crippen LogP contribution is 2.67. The number of carbonyl (C=O) groups excluding carboxylic acids is 2. The van der Waals surface area contributed by atoms with Gasteiger partial charge in [0.15, 0.2) is 11.6 Å². The third-order valence-corrected chi connectivity index (χ3v) is 8.26. The fraction of sp³-hybridized carbons (Fsp3) is 0.727. The molecule has 0 radical (unpaired) electrons. The third kappa shape index (κ3) is 2.27. The summed E-state index contributed by atoms with van der Waals surface area (Å²) >= 11 is 0. The SMILES string of the molecule is C[C@H](O)C(=O)[C@@]1(C)CC[C@H]2[C@@H]3CCC4=CC(=O)CCC4=C3CC[C@@]21C. The second-order valence-electron chi connectivity index (χ2n) is 9.22. The minimum absolute atomic E-state index is 0.0124. The van der Waals surface area contributed by atoms with Crippen LogP contribution in [0.2, 0.25) is 0 Å². The van der Waals surface area contributed by atoms with Crippen LogP contribution >= 0.6 is 0 Å². The van der Waals surface area contributed by atoms with E-state index in [2.05, 4.69) is 13.8 Å². The molecule has 0 amide bonds. The lowest BCUT2D eigenvalue weighted by atomic mass is 9.51. The van der Waals surface area contributed by atoms with Gasteiger partial charge in [-0.25, -0.2) is 0 Å². The Kier molecular flexibility index (Phi) is 3.88. The van der Waals surface area contributed by atoms with Crippen molar-refractivity contribution >= 4 is 11.6 Å². The van der Waals surface area contributed by atoms with E-state index in [4.69, 9.17) is 0 Å². The van der Waals surface area contributed by atoms with Gasteiger partial charge in [0.05, 0.1) is 0 Å². The molecule has 0 spiro atoms. The van der Waals surface area contributed by atoms with Crippen molar-refractivity contribution < 1.29 is 14.7 Å². The molecule has 0 aromatic heterocycles. The molecule has 25 heavy (non-hydrogen) atoms. The first-order chi connectivity index (χ1) is 11.8. The fourth-order valence-corrected chi connectivity index (χ4v) is 6.67. The Morgan fingerprint density at radius 3 is 2.64 bits per heavy atom. The van der Waals surface area contributed by atoms with Gasteiger partial charge in [-0.05, 0) is 86.3 Å². The maximum absolute atomic E-state index is 12.8. The fourth-order valence-electron chi connectivity index (χ4n) is 6.67. The Labute approximate surface area is 150 Å². The van der Waals surface area contributed by atoms with Crippen LogP contribution in [0.5, 0.6) is 0 Å². The summed E-state index contributed by atoms with van der Waals surface area (Å²) in [6.45, 7) is 6.03. The number of Topliss-reactive ketones (excluding diaryl/α,β-unsaturated/α-hetero) is 1. The van der Waals surface area contributed by atoms with E-state index < -0.39 is 11.5 Å².